The van der Waals surface area contributed by atoms with E-state index in [1.165, 1.54) is 38.9 Å². The van der Waals surface area contributed by atoms with Crippen molar-refractivity contribution in [2.24, 2.45) is 22.2 Å². The van der Waals surface area contributed by atoms with Crippen molar-refractivity contribution >= 4 is 76.9 Å². The SMILES string of the molecule is CC(C=O)c1ccccc1.CC(c1ccccc1)C(N)C#N.CC(c1ccccc1)C(N)CN.CC(c1ccccc1)C1CNC(=S)N1.CC(c1ccccc1)c1c[nH]c(=S)[nH]1.COc1ccc(CSC2=NCC(C(C)c3ccccc3)N2)cc1.COc1ccc(CSc2ncc(C(C)c3ccccc3)[nH]2)cc1.Cl. The number of benzene rings is 9. The van der Waals surface area contributed by atoms with Gasteiger partial charge in [-0.25, -0.2) is 4.98 Å². The Kier molecular flexibility index (Phi) is 39.5. The van der Waals surface area contributed by atoms with E-state index in [1.54, 1.807) is 37.7 Å². The monoisotopic (exact) mass is 1550 g/mol. The van der Waals surface area contributed by atoms with Gasteiger partial charge < -0.3 is 62.4 Å². The molecule has 12 N–H and O–H groups in total. The molecule has 109 heavy (non-hydrogen) atoms. The molecule has 0 spiro atoms. The van der Waals surface area contributed by atoms with E-state index in [1.807, 2.05) is 166 Å². The van der Waals surface area contributed by atoms with E-state index in [0.717, 1.165) is 80.3 Å². The molecule has 1 fully saturated rings. The highest BCUT2D eigenvalue weighted by molar-refractivity contribution is 8.13. The first-order chi connectivity index (χ1) is 52.4. The van der Waals surface area contributed by atoms with Crippen molar-refractivity contribution < 1.29 is 14.3 Å². The fourth-order valence-corrected chi connectivity index (χ4v) is 13.6. The summed E-state index contributed by atoms with van der Waals surface area (Å²) in [6.07, 6.45) is 4.82. The number of aromatic amines is 3. The number of thioether (sulfide) groups is 2. The first-order valence-electron chi connectivity index (χ1n) is 36.5. The van der Waals surface area contributed by atoms with Gasteiger partial charge in [-0.15, -0.1) is 12.4 Å². The molecule has 572 valence electrons. The van der Waals surface area contributed by atoms with Crippen LogP contribution in [0.15, 0.2) is 283 Å². The molecular weight excluding hydrogens is 1450 g/mol. The van der Waals surface area contributed by atoms with Gasteiger partial charge in [0.15, 0.2) is 20.2 Å². The molecule has 0 radical (unpaired) electrons. The van der Waals surface area contributed by atoms with Crippen LogP contribution in [0.4, 0.5) is 0 Å². The van der Waals surface area contributed by atoms with Gasteiger partial charge in [0.05, 0.1) is 45.0 Å². The molecule has 2 aromatic heterocycles. The molecule has 4 heterocycles. The number of nitrogens with two attached hydrogens (primary N) is 3. The van der Waals surface area contributed by atoms with E-state index in [0.29, 0.717) is 53.0 Å². The number of ether oxygens (including phenoxy) is 2. The second kappa shape index (κ2) is 48.7. The number of thiocarbonyl (C=S) groups is 1. The Morgan fingerprint density at radius 2 is 0.945 bits per heavy atom. The van der Waals surface area contributed by atoms with Crippen LogP contribution in [0.5, 0.6) is 11.5 Å². The van der Waals surface area contributed by atoms with E-state index < -0.39 is 6.04 Å². The number of nitriles is 1. The average molecular weight is 1560 g/mol. The second-order valence-electron chi connectivity index (χ2n) is 26.4. The van der Waals surface area contributed by atoms with Gasteiger partial charge in [-0.1, -0.05) is 309 Å². The third kappa shape index (κ3) is 30.1. The highest BCUT2D eigenvalue weighted by atomic mass is 35.5. The molecule has 2 aliphatic heterocycles. The summed E-state index contributed by atoms with van der Waals surface area (Å²) in [4.78, 5) is 29.0. The third-order valence-electron chi connectivity index (χ3n) is 19.0. The molecule has 1 saturated heterocycles. The van der Waals surface area contributed by atoms with Crippen molar-refractivity contribution in [3.05, 3.63) is 339 Å². The van der Waals surface area contributed by atoms with Crippen LogP contribution in [0, 0.1) is 16.1 Å². The van der Waals surface area contributed by atoms with Gasteiger partial charge in [-0.2, -0.15) is 5.26 Å². The zero-order chi connectivity index (χ0) is 77.4. The highest BCUT2D eigenvalue weighted by Gasteiger charge is 2.26. The second-order valence-corrected chi connectivity index (χ2v) is 29.2. The molecule has 11 aromatic rings. The largest absolute Gasteiger partial charge is 0.497 e. The number of halogens is 1. The lowest BCUT2D eigenvalue weighted by atomic mass is 9.94. The summed E-state index contributed by atoms with van der Waals surface area (Å²) >= 11 is 13.5. The number of hydrogen-bond acceptors (Lipinski definition) is 14. The third-order valence-corrected chi connectivity index (χ3v) is 21.4. The molecule has 0 saturated carbocycles. The summed E-state index contributed by atoms with van der Waals surface area (Å²) in [5.41, 5.74) is 30.5. The molecule has 20 heteroatoms. The molecule has 0 bridgehead atoms. The zero-order valence-electron chi connectivity index (χ0n) is 63.8. The molecule has 15 nitrogen and oxygen atoms in total. The molecular formula is C89H107ClN12O3S4. The lowest BCUT2D eigenvalue weighted by Gasteiger charge is -2.20. The number of rotatable bonds is 22. The Hall–Kier alpha value is -9.59. The topological polar surface area (TPSA) is 246 Å². The van der Waals surface area contributed by atoms with Gasteiger partial charge in [0.2, 0.25) is 0 Å². The summed E-state index contributed by atoms with van der Waals surface area (Å²) in [6, 6.07) is 90.6. The Labute approximate surface area is 671 Å². The quantitative estimate of drug-likeness (QED) is 0.0174. The molecule has 0 aliphatic carbocycles. The maximum absolute atomic E-state index is 10.3. The zero-order valence-corrected chi connectivity index (χ0v) is 67.9. The van der Waals surface area contributed by atoms with Crippen molar-refractivity contribution in [3.63, 3.8) is 0 Å². The summed E-state index contributed by atoms with van der Waals surface area (Å²) in [5, 5.41) is 21.4. The summed E-state index contributed by atoms with van der Waals surface area (Å²) in [5.74, 6) is 5.68. The number of carbonyl (C=O) groups is 1. The Morgan fingerprint density at radius 1 is 0.532 bits per heavy atom. The maximum Gasteiger partial charge on any atom is 0.174 e. The first kappa shape index (κ1) is 88.3. The smallest absolute Gasteiger partial charge is 0.174 e. The number of nitrogens with one attached hydrogen (secondary N) is 6. The number of amidine groups is 1. The van der Waals surface area contributed by atoms with Gasteiger partial charge in [0.1, 0.15) is 17.8 Å². The number of aromatic nitrogens is 4. The Balaban J connectivity index is 0.000000203. The molecule has 13 rings (SSSR count). The average Bonchev–Trinajstić information content (AvgIpc) is 1.76. The first-order valence-corrected chi connectivity index (χ1v) is 39.3. The number of aldehydes is 1. The van der Waals surface area contributed by atoms with Crippen molar-refractivity contribution in [3.8, 4) is 17.6 Å². The van der Waals surface area contributed by atoms with E-state index in [2.05, 4.69) is 203 Å². The lowest BCUT2D eigenvalue weighted by molar-refractivity contribution is -0.108. The molecule has 11 unspecified atom stereocenters. The predicted molar refractivity (Wildman–Crippen MR) is 464 cm³/mol. The van der Waals surface area contributed by atoms with Crippen LogP contribution < -0.4 is 42.6 Å². The number of hydrogen-bond donors (Lipinski definition) is 9. The van der Waals surface area contributed by atoms with E-state index >= 15 is 0 Å². The van der Waals surface area contributed by atoms with Gasteiger partial charge in [-0.3, -0.25) is 4.99 Å². The minimum Gasteiger partial charge on any atom is -0.497 e. The maximum atomic E-state index is 10.3. The minimum absolute atomic E-state index is 0. The Morgan fingerprint density at radius 3 is 1.35 bits per heavy atom. The Bertz CT molecular complexity index is 4430. The highest BCUT2D eigenvalue weighted by Crippen LogP contribution is 2.29. The number of aliphatic imine (C=N–C) groups is 1. The van der Waals surface area contributed by atoms with Crippen LogP contribution in [0.1, 0.15) is 151 Å². The summed E-state index contributed by atoms with van der Waals surface area (Å²) in [7, 11) is 3.37. The molecule has 11 atom stereocenters. The van der Waals surface area contributed by atoms with Crippen LogP contribution in [0.3, 0.4) is 0 Å². The number of imidazole rings is 2. The minimum atomic E-state index is -0.410. The van der Waals surface area contributed by atoms with Crippen LogP contribution in [0.25, 0.3) is 0 Å². The number of nitrogens with zero attached hydrogens (tertiary/aromatic N) is 3. The number of H-pyrrole nitrogens is 3. The van der Waals surface area contributed by atoms with Crippen molar-refractivity contribution in [2.45, 2.75) is 131 Å². The summed E-state index contributed by atoms with van der Waals surface area (Å²) < 4.78 is 11.0. The fraction of sp³-hybridized carbons (Fsp3) is 0.281. The van der Waals surface area contributed by atoms with Crippen LogP contribution in [-0.2, 0) is 16.3 Å². The van der Waals surface area contributed by atoms with E-state index in [4.69, 9.17) is 56.4 Å². The van der Waals surface area contributed by atoms with Crippen molar-refractivity contribution in [2.75, 3.05) is 33.9 Å². The van der Waals surface area contributed by atoms with Crippen molar-refractivity contribution in [1.82, 2.24) is 35.9 Å². The van der Waals surface area contributed by atoms with Gasteiger partial charge in [0.25, 0.3) is 0 Å². The molecule has 9 aromatic carbocycles. The van der Waals surface area contributed by atoms with Gasteiger partial charge >= 0.3 is 0 Å². The fourth-order valence-electron chi connectivity index (χ4n) is 11.5. The normalized spacial score (nSPS) is 15.4. The van der Waals surface area contributed by atoms with E-state index in [-0.39, 0.29) is 30.3 Å². The molecule has 2 aliphatic rings. The lowest BCUT2D eigenvalue weighted by Crippen LogP contribution is -2.34. The van der Waals surface area contributed by atoms with Crippen LogP contribution in [-0.4, -0.2) is 94.5 Å². The number of carbonyl (C=O) groups excluding carboxylic acids is 1. The standard InChI is InChI=1S/C19H22N2OS.C19H20N2OS.C11H14N2S.C11H12N2S.C10H16N2.C10H12N2.C9H10O.ClH/c2*1-14(16-6-4-3-5-7-16)18-12-20-19(21-18)23-13-15-8-10-17(22-2)11-9-15;2*1-8(9-5-3-2-4-6-9)10-7-12-11(14)13-10;2*1-8(10(12)7-11)9-5-3-2-4-6-9;1-8(7-10)9-5-3-2-4-6-9;/h3-11,14,18H,12-13H2,1-2H3,(H,20,21);3-12,14H,13H2,1-2H3,(H,20,21);2-6,8,10H,7H2,1H3,(H2,12,13,14);2-8H,1H3,(H2,12,13,14);2-6,8,10H,7,11-12H2,1H3;2-6,8,10H,12H2,1H3;2-8H,1H3;1H. The predicted octanol–water partition coefficient (Wildman–Crippen LogP) is 18.9. The number of methoxy groups -OCH3 is 2. The van der Waals surface area contributed by atoms with Crippen LogP contribution in [0.2, 0.25) is 0 Å². The van der Waals surface area contributed by atoms with Crippen molar-refractivity contribution in [1.29, 1.82) is 5.26 Å². The molecule has 0 amide bonds. The van der Waals surface area contributed by atoms with Gasteiger partial charge in [-0.05, 0) is 105 Å². The van der Waals surface area contributed by atoms with Crippen LogP contribution >= 0.6 is 60.4 Å². The summed E-state index contributed by atoms with van der Waals surface area (Å²) in [6.45, 7) is 17.1. The van der Waals surface area contributed by atoms with Gasteiger partial charge in [0, 0.05) is 89.9 Å². The van der Waals surface area contributed by atoms with E-state index in [9.17, 15) is 4.79 Å².